The van der Waals surface area contributed by atoms with Crippen LogP contribution in [-0.4, -0.2) is 33.7 Å². The molecule has 8 heteroatoms. The van der Waals surface area contributed by atoms with Crippen molar-refractivity contribution in [2.75, 3.05) is 6.54 Å². The first-order chi connectivity index (χ1) is 10.8. The molecule has 0 saturated carbocycles. The van der Waals surface area contributed by atoms with Crippen LogP contribution in [0.2, 0.25) is 5.02 Å². The Balaban J connectivity index is 2.47. The summed E-state index contributed by atoms with van der Waals surface area (Å²) in [4.78, 5) is 26.5. The highest BCUT2D eigenvalue weighted by Gasteiger charge is 2.19. The minimum absolute atomic E-state index is 0.0884. The summed E-state index contributed by atoms with van der Waals surface area (Å²) >= 11 is 7.23. The lowest BCUT2D eigenvalue weighted by Gasteiger charge is -2.14. The highest BCUT2D eigenvalue weighted by molar-refractivity contribution is 7.17. The van der Waals surface area contributed by atoms with E-state index in [9.17, 15) is 9.59 Å². The summed E-state index contributed by atoms with van der Waals surface area (Å²) < 4.78 is 0. The van der Waals surface area contributed by atoms with E-state index in [1.165, 1.54) is 0 Å². The van der Waals surface area contributed by atoms with Crippen molar-refractivity contribution in [1.82, 2.24) is 4.98 Å². The molecular weight excluding hydrogens is 340 g/mol. The Hall–Kier alpha value is -1.96. The molecule has 0 spiro atoms. The molecule has 0 aliphatic rings. The van der Waals surface area contributed by atoms with Crippen molar-refractivity contribution in [2.24, 2.45) is 5.73 Å². The Morgan fingerprint density at radius 2 is 2.09 bits per heavy atom. The number of hydrogen-bond donors (Lipinski definition) is 3. The number of carboxylic acid groups (broad SMARTS) is 2. The van der Waals surface area contributed by atoms with Gasteiger partial charge in [0.05, 0.1) is 17.1 Å². The minimum Gasteiger partial charge on any atom is -0.481 e. The second-order valence-electron chi connectivity index (χ2n) is 5.01. The normalized spacial score (nSPS) is 12.1. The molecule has 0 aliphatic heterocycles. The van der Waals surface area contributed by atoms with Gasteiger partial charge in [0.1, 0.15) is 9.88 Å². The van der Waals surface area contributed by atoms with E-state index in [0.717, 1.165) is 16.9 Å². The quantitative estimate of drug-likeness (QED) is 0.734. The number of nitrogens with two attached hydrogens (primary N) is 1. The van der Waals surface area contributed by atoms with Gasteiger partial charge in [-0.15, -0.1) is 11.3 Å². The third-order valence-electron chi connectivity index (χ3n) is 3.39. The van der Waals surface area contributed by atoms with Crippen LogP contribution in [0.15, 0.2) is 18.2 Å². The molecule has 0 radical (unpaired) electrons. The fraction of sp³-hybridized carbons (Fsp3) is 0.267. The van der Waals surface area contributed by atoms with Gasteiger partial charge in [-0.25, -0.2) is 9.78 Å². The van der Waals surface area contributed by atoms with E-state index in [1.807, 2.05) is 0 Å². The number of aromatic nitrogens is 1. The van der Waals surface area contributed by atoms with Crippen molar-refractivity contribution in [1.29, 1.82) is 0 Å². The van der Waals surface area contributed by atoms with Crippen LogP contribution in [0.5, 0.6) is 0 Å². The molecule has 0 aliphatic carbocycles. The van der Waals surface area contributed by atoms with Gasteiger partial charge < -0.3 is 15.9 Å². The molecule has 0 saturated heterocycles. The van der Waals surface area contributed by atoms with Gasteiger partial charge in [-0.3, -0.25) is 4.79 Å². The van der Waals surface area contributed by atoms with Gasteiger partial charge in [0.15, 0.2) is 0 Å². The van der Waals surface area contributed by atoms with Crippen LogP contribution in [0, 0.1) is 6.92 Å². The number of thiazole rings is 1. The summed E-state index contributed by atoms with van der Waals surface area (Å²) in [6.45, 7) is 1.80. The van der Waals surface area contributed by atoms with Crippen LogP contribution in [-0.2, 0) is 4.79 Å². The lowest BCUT2D eigenvalue weighted by molar-refractivity contribution is -0.137. The first-order valence-corrected chi connectivity index (χ1v) is 7.95. The molecule has 0 fully saturated rings. The number of aliphatic carboxylic acids is 1. The summed E-state index contributed by atoms with van der Waals surface area (Å²) in [5, 5.41) is 19.0. The molecule has 0 bridgehead atoms. The van der Waals surface area contributed by atoms with E-state index in [2.05, 4.69) is 4.98 Å². The van der Waals surface area contributed by atoms with Gasteiger partial charge in [-0.1, -0.05) is 17.7 Å². The zero-order valence-corrected chi connectivity index (χ0v) is 13.8. The number of aryl methyl sites for hydroxylation is 1. The molecule has 2 aromatic rings. The number of nitrogens with zero attached hydrogens (tertiary/aromatic N) is 1. The summed E-state index contributed by atoms with van der Waals surface area (Å²) in [7, 11) is 0. The zero-order valence-electron chi connectivity index (χ0n) is 12.2. The molecule has 0 unspecified atom stereocenters. The van der Waals surface area contributed by atoms with Crippen molar-refractivity contribution in [2.45, 2.75) is 19.3 Å². The SMILES string of the molecule is Cc1nc(-c2cc([C@H](CN)CC(=O)O)ccc2Cl)sc1C(=O)O. The first kappa shape index (κ1) is 17.4. The monoisotopic (exact) mass is 354 g/mol. The maximum atomic E-state index is 11.1. The van der Waals surface area contributed by atoms with Crippen molar-refractivity contribution >= 4 is 34.9 Å². The van der Waals surface area contributed by atoms with E-state index < -0.39 is 11.9 Å². The Morgan fingerprint density at radius 3 is 2.61 bits per heavy atom. The predicted octanol–water partition coefficient (Wildman–Crippen LogP) is 2.99. The third kappa shape index (κ3) is 3.87. The molecule has 2 rings (SSSR count). The number of halogens is 1. The largest absolute Gasteiger partial charge is 0.481 e. The van der Waals surface area contributed by atoms with Crippen molar-refractivity contribution in [3.63, 3.8) is 0 Å². The van der Waals surface area contributed by atoms with E-state index in [1.54, 1.807) is 25.1 Å². The number of carbonyl (C=O) groups is 2. The molecule has 1 heterocycles. The number of benzene rings is 1. The first-order valence-electron chi connectivity index (χ1n) is 6.75. The fourth-order valence-electron chi connectivity index (χ4n) is 2.22. The van der Waals surface area contributed by atoms with Gasteiger partial charge in [0, 0.05) is 11.5 Å². The smallest absolute Gasteiger partial charge is 0.347 e. The summed E-state index contributed by atoms with van der Waals surface area (Å²) in [5.41, 5.74) is 7.39. The number of aromatic carboxylic acids is 1. The number of carboxylic acids is 2. The second-order valence-corrected chi connectivity index (χ2v) is 6.41. The van der Waals surface area contributed by atoms with Gasteiger partial charge in [-0.2, -0.15) is 0 Å². The molecule has 1 aromatic carbocycles. The molecule has 4 N–H and O–H groups in total. The van der Waals surface area contributed by atoms with Crippen molar-refractivity contribution < 1.29 is 19.8 Å². The zero-order chi connectivity index (χ0) is 17.1. The topological polar surface area (TPSA) is 114 Å². The summed E-state index contributed by atoms with van der Waals surface area (Å²) in [6.07, 6.45) is -0.0884. The van der Waals surface area contributed by atoms with E-state index >= 15 is 0 Å². The Morgan fingerprint density at radius 1 is 1.39 bits per heavy atom. The highest BCUT2D eigenvalue weighted by Crippen LogP contribution is 2.35. The summed E-state index contributed by atoms with van der Waals surface area (Å²) in [5.74, 6) is -2.32. The van der Waals surface area contributed by atoms with Crippen LogP contribution in [0.3, 0.4) is 0 Å². The Kier molecular flexibility index (Phi) is 5.35. The van der Waals surface area contributed by atoms with E-state index in [0.29, 0.717) is 21.3 Å². The van der Waals surface area contributed by atoms with Crippen LogP contribution < -0.4 is 5.73 Å². The molecule has 6 nitrogen and oxygen atoms in total. The van der Waals surface area contributed by atoms with Gasteiger partial charge in [0.2, 0.25) is 0 Å². The van der Waals surface area contributed by atoms with Crippen LogP contribution in [0.4, 0.5) is 0 Å². The van der Waals surface area contributed by atoms with Crippen LogP contribution in [0.25, 0.3) is 10.6 Å². The van der Waals surface area contributed by atoms with Gasteiger partial charge >= 0.3 is 11.9 Å². The Labute approximate surface area is 141 Å². The average Bonchev–Trinajstić information content (AvgIpc) is 2.87. The van der Waals surface area contributed by atoms with Crippen LogP contribution in [0.1, 0.15) is 33.3 Å². The molecular formula is C15H15ClN2O4S. The fourth-order valence-corrected chi connectivity index (χ4v) is 3.42. The standard InChI is InChI=1S/C15H15ClN2O4S/c1-7-13(15(21)22)23-14(18-7)10-4-8(2-3-11(10)16)9(6-17)5-12(19)20/h2-4,9H,5-6,17H2,1H3,(H,19,20)(H,21,22)/t9-/m0/s1. The number of hydrogen-bond acceptors (Lipinski definition) is 5. The van der Waals surface area contributed by atoms with Crippen LogP contribution >= 0.6 is 22.9 Å². The molecule has 1 atom stereocenters. The Bertz CT molecular complexity index is 760. The molecule has 1 aromatic heterocycles. The maximum absolute atomic E-state index is 11.1. The second kappa shape index (κ2) is 7.08. The maximum Gasteiger partial charge on any atom is 0.347 e. The average molecular weight is 355 g/mol. The van der Waals surface area contributed by atoms with E-state index in [4.69, 9.17) is 27.5 Å². The lowest BCUT2D eigenvalue weighted by atomic mass is 9.94. The predicted molar refractivity (Wildman–Crippen MR) is 88.3 cm³/mol. The minimum atomic E-state index is -1.04. The summed E-state index contributed by atoms with van der Waals surface area (Å²) in [6, 6.07) is 5.10. The molecule has 122 valence electrons. The van der Waals surface area contributed by atoms with Gasteiger partial charge in [0.25, 0.3) is 0 Å². The van der Waals surface area contributed by atoms with Gasteiger partial charge in [-0.05, 0) is 31.2 Å². The molecule has 0 amide bonds. The lowest BCUT2D eigenvalue weighted by Crippen LogP contribution is -2.16. The van der Waals surface area contributed by atoms with E-state index in [-0.39, 0.29) is 23.8 Å². The van der Waals surface area contributed by atoms with Crippen molar-refractivity contribution in [3.8, 4) is 10.6 Å². The molecule has 23 heavy (non-hydrogen) atoms. The number of rotatable bonds is 6. The third-order valence-corrected chi connectivity index (χ3v) is 4.90. The highest BCUT2D eigenvalue weighted by atomic mass is 35.5. The van der Waals surface area contributed by atoms with Crippen molar-refractivity contribution in [3.05, 3.63) is 39.4 Å².